The Hall–Kier alpha value is -3.24. The van der Waals surface area contributed by atoms with Crippen LogP contribution in [0.3, 0.4) is 0 Å². The Morgan fingerprint density at radius 2 is 1.54 bits per heavy atom. The van der Waals surface area contributed by atoms with Gasteiger partial charge in [-0.05, 0) is 37.0 Å². The molecule has 0 radical (unpaired) electrons. The molecule has 5 rings (SSSR count). The maximum atomic E-state index is 14.2. The van der Waals surface area contributed by atoms with E-state index in [-0.39, 0.29) is 28.6 Å². The van der Waals surface area contributed by atoms with E-state index >= 15 is 0 Å². The van der Waals surface area contributed by atoms with Crippen LogP contribution in [0.5, 0.6) is 0 Å². The van der Waals surface area contributed by atoms with Crippen molar-refractivity contribution in [2.45, 2.75) is 31.2 Å². The number of piperidine rings is 1. The summed E-state index contributed by atoms with van der Waals surface area (Å²) in [6.07, 6.45) is 2.90. The molecule has 2 aliphatic heterocycles. The van der Waals surface area contributed by atoms with Crippen molar-refractivity contribution in [3.8, 4) is 0 Å². The highest BCUT2D eigenvalue weighted by Crippen LogP contribution is 2.28. The molecule has 0 spiro atoms. The second-order valence-electron chi connectivity index (χ2n) is 9.88. The van der Waals surface area contributed by atoms with Crippen molar-refractivity contribution in [2.24, 2.45) is 5.92 Å². The first-order valence-electron chi connectivity index (χ1n) is 12.7. The van der Waals surface area contributed by atoms with Crippen molar-refractivity contribution in [1.82, 2.24) is 13.8 Å². The van der Waals surface area contributed by atoms with E-state index in [1.54, 1.807) is 47.4 Å². The number of hydrogen-bond donors (Lipinski definition) is 0. The summed E-state index contributed by atoms with van der Waals surface area (Å²) < 4.78 is 44.1. The normalized spacial score (nSPS) is 17.9. The van der Waals surface area contributed by atoms with Gasteiger partial charge in [0.2, 0.25) is 15.9 Å². The predicted octanol–water partition coefficient (Wildman–Crippen LogP) is 2.91. The largest absolute Gasteiger partial charge is 0.366 e. The maximum Gasteiger partial charge on any atom is 0.258 e. The van der Waals surface area contributed by atoms with E-state index in [4.69, 9.17) is 0 Å². The Morgan fingerprint density at radius 3 is 2.22 bits per heavy atom. The zero-order valence-electron chi connectivity index (χ0n) is 20.8. The van der Waals surface area contributed by atoms with Gasteiger partial charge in [0.1, 0.15) is 17.3 Å². The summed E-state index contributed by atoms with van der Waals surface area (Å²) in [4.78, 5) is 30.0. The van der Waals surface area contributed by atoms with Crippen LogP contribution in [0.4, 0.5) is 10.1 Å². The Kier molecular flexibility index (Phi) is 7.04. The van der Waals surface area contributed by atoms with Crippen molar-refractivity contribution in [3.05, 3.63) is 70.9 Å². The maximum absolute atomic E-state index is 14.2. The number of hydrogen-bond acceptors (Lipinski definition) is 5. The second-order valence-corrected chi connectivity index (χ2v) is 11.8. The fraction of sp³-hybridized carbons (Fsp3) is 0.407. The number of para-hydroxylation sites is 1. The molecule has 0 unspecified atom stereocenters. The van der Waals surface area contributed by atoms with Crippen LogP contribution < -0.4 is 10.5 Å². The molecule has 0 saturated carbocycles. The van der Waals surface area contributed by atoms with Crippen LogP contribution in [0, 0.1) is 11.7 Å². The molecule has 0 aliphatic carbocycles. The lowest BCUT2D eigenvalue weighted by Crippen LogP contribution is -2.50. The molecule has 8 nitrogen and oxygen atoms in total. The number of amides is 1. The molecule has 0 N–H and O–H groups in total. The number of benzene rings is 2. The molecule has 3 aromatic rings. The van der Waals surface area contributed by atoms with E-state index in [0.717, 1.165) is 12.8 Å². The smallest absolute Gasteiger partial charge is 0.258 e. The molecule has 196 valence electrons. The predicted molar refractivity (Wildman–Crippen MR) is 141 cm³/mol. The van der Waals surface area contributed by atoms with Gasteiger partial charge in [0.15, 0.2) is 0 Å². The molecule has 0 atom stereocenters. The summed E-state index contributed by atoms with van der Waals surface area (Å²) >= 11 is 0. The number of carbonyl (C=O) groups is 1. The molecule has 3 heterocycles. The third-order valence-corrected chi connectivity index (χ3v) is 9.37. The Labute approximate surface area is 215 Å². The number of sulfonamides is 1. The number of piperazine rings is 1. The van der Waals surface area contributed by atoms with Gasteiger partial charge in [0, 0.05) is 56.2 Å². The third-order valence-electron chi connectivity index (χ3n) is 7.45. The minimum atomic E-state index is -3.85. The van der Waals surface area contributed by atoms with Gasteiger partial charge in [-0.25, -0.2) is 12.8 Å². The highest BCUT2D eigenvalue weighted by molar-refractivity contribution is 7.89. The molecular formula is C27H31FN4O4S. The van der Waals surface area contributed by atoms with Crippen molar-refractivity contribution >= 4 is 32.4 Å². The summed E-state index contributed by atoms with van der Waals surface area (Å²) in [7, 11) is -3.85. The van der Waals surface area contributed by atoms with Crippen molar-refractivity contribution < 1.29 is 17.6 Å². The van der Waals surface area contributed by atoms with Crippen molar-refractivity contribution in [1.29, 1.82) is 0 Å². The van der Waals surface area contributed by atoms with Gasteiger partial charge in [0.05, 0.1) is 5.69 Å². The number of anilines is 1. The molecule has 2 saturated heterocycles. The van der Waals surface area contributed by atoms with Gasteiger partial charge in [-0.1, -0.05) is 37.3 Å². The van der Waals surface area contributed by atoms with Crippen LogP contribution in [-0.4, -0.2) is 67.4 Å². The topological polar surface area (TPSA) is 82.9 Å². The lowest BCUT2D eigenvalue weighted by atomic mass is 10.0. The number of aromatic nitrogens is 1. The van der Waals surface area contributed by atoms with Gasteiger partial charge in [-0.2, -0.15) is 4.31 Å². The van der Waals surface area contributed by atoms with E-state index in [9.17, 15) is 22.4 Å². The number of rotatable bonds is 5. The number of fused-ring (bicyclic) bond motifs is 1. The molecule has 2 aliphatic rings. The second kappa shape index (κ2) is 10.3. The Balaban J connectivity index is 1.39. The van der Waals surface area contributed by atoms with Crippen LogP contribution in [0.1, 0.15) is 19.8 Å². The summed E-state index contributed by atoms with van der Waals surface area (Å²) in [6.45, 7) is 4.41. The highest BCUT2D eigenvalue weighted by Gasteiger charge is 2.31. The average molecular weight is 527 g/mol. The SMILES string of the molecule is CC1CCN(S(=O)(=O)c2cn(CC(=O)N3CCN(c4ccccc4F)CC3)c(=O)c3ccccc23)CC1. The van der Waals surface area contributed by atoms with Crippen LogP contribution in [0.2, 0.25) is 0 Å². The fourth-order valence-corrected chi connectivity index (χ4v) is 6.83. The Morgan fingerprint density at radius 1 is 0.919 bits per heavy atom. The molecular weight excluding hydrogens is 495 g/mol. The first kappa shape index (κ1) is 25.4. The zero-order valence-corrected chi connectivity index (χ0v) is 21.7. The van der Waals surface area contributed by atoms with Gasteiger partial charge in [-0.15, -0.1) is 0 Å². The molecule has 10 heteroatoms. The minimum absolute atomic E-state index is 0.0504. The van der Waals surface area contributed by atoms with Crippen LogP contribution in [-0.2, 0) is 21.4 Å². The van der Waals surface area contributed by atoms with Gasteiger partial charge >= 0.3 is 0 Å². The lowest BCUT2D eigenvalue weighted by Gasteiger charge is -2.36. The number of carbonyl (C=O) groups excluding carboxylic acids is 1. The molecule has 2 aromatic carbocycles. The third kappa shape index (κ3) is 5.00. The minimum Gasteiger partial charge on any atom is -0.366 e. The van der Waals surface area contributed by atoms with Crippen molar-refractivity contribution in [3.63, 3.8) is 0 Å². The molecule has 37 heavy (non-hydrogen) atoms. The van der Waals surface area contributed by atoms with E-state index in [0.29, 0.717) is 56.3 Å². The standard InChI is InChI=1S/C27H31FN4O4S/c1-20-10-12-32(13-11-20)37(35,36)25-18-31(27(34)22-7-3-2-6-21(22)25)19-26(33)30-16-14-29(15-17-30)24-9-5-4-8-23(24)28/h2-9,18,20H,10-17,19H2,1H3. The van der Waals surface area contributed by atoms with Gasteiger partial charge in [0.25, 0.3) is 5.56 Å². The first-order chi connectivity index (χ1) is 17.8. The van der Waals surface area contributed by atoms with Crippen LogP contribution in [0.25, 0.3) is 10.8 Å². The fourth-order valence-electron chi connectivity index (χ4n) is 5.15. The van der Waals surface area contributed by atoms with E-state index in [2.05, 4.69) is 6.92 Å². The first-order valence-corrected chi connectivity index (χ1v) is 14.1. The van der Waals surface area contributed by atoms with E-state index < -0.39 is 15.6 Å². The summed E-state index contributed by atoms with van der Waals surface area (Å²) in [5.41, 5.74) is 0.0995. The Bertz CT molecular complexity index is 1470. The summed E-state index contributed by atoms with van der Waals surface area (Å²) in [5, 5.41) is 0.638. The van der Waals surface area contributed by atoms with E-state index in [1.807, 2.05) is 4.90 Å². The monoisotopic (exact) mass is 526 g/mol. The average Bonchev–Trinajstić information content (AvgIpc) is 2.91. The highest BCUT2D eigenvalue weighted by atomic mass is 32.2. The van der Waals surface area contributed by atoms with Gasteiger partial charge in [-0.3, -0.25) is 9.59 Å². The number of halogens is 1. The quantitative estimate of drug-likeness (QED) is 0.511. The number of nitrogens with zero attached hydrogens (tertiary/aromatic N) is 4. The summed E-state index contributed by atoms with van der Waals surface area (Å²) in [6, 6.07) is 13.2. The van der Waals surface area contributed by atoms with Gasteiger partial charge < -0.3 is 14.4 Å². The molecule has 1 amide bonds. The zero-order chi connectivity index (χ0) is 26.2. The van der Waals surface area contributed by atoms with E-state index in [1.165, 1.54) is 21.1 Å². The number of pyridine rings is 1. The lowest BCUT2D eigenvalue weighted by molar-refractivity contribution is -0.132. The molecule has 2 fully saturated rings. The van der Waals surface area contributed by atoms with Crippen LogP contribution in [0.15, 0.2) is 64.4 Å². The molecule has 1 aromatic heterocycles. The van der Waals surface area contributed by atoms with Crippen molar-refractivity contribution in [2.75, 3.05) is 44.2 Å². The summed E-state index contributed by atoms with van der Waals surface area (Å²) in [5.74, 6) is -0.115. The molecule has 0 bridgehead atoms. The van der Waals surface area contributed by atoms with Crippen LogP contribution >= 0.6 is 0 Å².